The summed E-state index contributed by atoms with van der Waals surface area (Å²) in [6.45, 7) is 1.34. The van der Waals surface area contributed by atoms with Crippen molar-refractivity contribution in [2.24, 2.45) is 0 Å². The molecule has 2 atom stereocenters. The number of halogens is 1. The van der Waals surface area contributed by atoms with Crippen LogP contribution in [0.5, 0.6) is 0 Å². The van der Waals surface area contributed by atoms with Crippen LogP contribution in [0.1, 0.15) is 11.8 Å². The smallest absolute Gasteiger partial charge is 0.202 e. The van der Waals surface area contributed by atoms with Gasteiger partial charge in [0.05, 0.1) is 19.1 Å². The summed E-state index contributed by atoms with van der Waals surface area (Å²) in [6.07, 6.45) is 0. The van der Waals surface area contributed by atoms with E-state index >= 15 is 0 Å². The Morgan fingerprint density at radius 2 is 2.29 bits per heavy atom. The lowest BCUT2D eigenvalue weighted by molar-refractivity contribution is 0.186. The Hall–Kier alpha value is -1.10. The van der Waals surface area contributed by atoms with Crippen molar-refractivity contribution < 1.29 is 9.15 Å². The van der Waals surface area contributed by atoms with E-state index in [1.807, 2.05) is 19.2 Å². The third-order valence-electron chi connectivity index (χ3n) is 3.14. The molecule has 0 bridgehead atoms. The van der Waals surface area contributed by atoms with E-state index in [1.54, 1.807) is 6.07 Å². The molecule has 17 heavy (non-hydrogen) atoms. The van der Waals surface area contributed by atoms with Gasteiger partial charge in [0.2, 0.25) is 5.89 Å². The molecule has 2 aromatic rings. The molecule has 2 unspecified atom stereocenters. The third-order valence-corrected chi connectivity index (χ3v) is 3.37. The van der Waals surface area contributed by atoms with Gasteiger partial charge in [-0.05, 0) is 19.2 Å². The summed E-state index contributed by atoms with van der Waals surface area (Å²) in [5.41, 5.74) is 1.57. The number of likely N-dealkylation sites (N-methyl/N-ethyl adjacent to an activating group) is 1. The van der Waals surface area contributed by atoms with Crippen molar-refractivity contribution in [1.29, 1.82) is 0 Å². The second-order valence-electron chi connectivity index (χ2n) is 4.20. The average molecular weight is 253 g/mol. The second-order valence-corrected chi connectivity index (χ2v) is 4.64. The maximum atomic E-state index is 5.92. The van der Waals surface area contributed by atoms with E-state index in [0.29, 0.717) is 18.2 Å². The van der Waals surface area contributed by atoms with E-state index in [0.717, 1.165) is 17.0 Å². The number of hydrogen-bond donors (Lipinski definition) is 1. The van der Waals surface area contributed by atoms with Crippen LogP contribution in [0.15, 0.2) is 22.6 Å². The number of aromatic nitrogens is 1. The zero-order valence-electron chi connectivity index (χ0n) is 9.44. The molecule has 1 N–H and O–H groups in total. The van der Waals surface area contributed by atoms with Gasteiger partial charge in [0.15, 0.2) is 5.58 Å². The molecule has 2 heterocycles. The summed E-state index contributed by atoms with van der Waals surface area (Å²) < 4.78 is 11.2. The Kier molecular flexibility index (Phi) is 2.78. The lowest BCUT2D eigenvalue weighted by Crippen LogP contribution is -2.31. The molecule has 90 valence electrons. The molecule has 0 radical (unpaired) electrons. The van der Waals surface area contributed by atoms with E-state index in [2.05, 4.69) is 10.3 Å². The minimum Gasteiger partial charge on any atom is -0.440 e. The van der Waals surface area contributed by atoms with Crippen LogP contribution in [0.4, 0.5) is 0 Å². The molecular formula is C12H13ClN2O2. The Bertz CT molecular complexity index is 540. The fourth-order valence-electron chi connectivity index (χ4n) is 2.16. The number of fused-ring (bicyclic) bond motifs is 1. The predicted octanol–water partition coefficient (Wildman–Crippen LogP) is 2.18. The minimum absolute atomic E-state index is 0.172. The fourth-order valence-corrected chi connectivity index (χ4v) is 2.32. The summed E-state index contributed by atoms with van der Waals surface area (Å²) in [7, 11) is 1.92. The van der Waals surface area contributed by atoms with Crippen molar-refractivity contribution in [3.63, 3.8) is 0 Å². The highest BCUT2D eigenvalue weighted by molar-refractivity contribution is 6.31. The SMILES string of the molecule is CNC1COCC1c1nc2ccc(Cl)cc2o1. The lowest BCUT2D eigenvalue weighted by Gasteiger charge is -2.12. The predicted molar refractivity (Wildman–Crippen MR) is 65.4 cm³/mol. The molecule has 0 spiro atoms. The topological polar surface area (TPSA) is 47.3 Å². The van der Waals surface area contributed by atoms with Gasteiger partial charge in [0.1, 0.15) is 5.52 Å². The summed E-state index contributed by atoms with van der Waals surface area (Å²) in [4.78, 5) is 4.49. The Balaban J connectivity index is 2.00. The quantitative estimate of drug-likeness (QED) is 0.890. The van der Waals surface area contributed by atoms with Gasteiger partial charge in [0.25, 0.3) is 0 Å². The summed E-state index contributed by atoms with van der Waals surface area (Å²) in [5.74, 6) is 0.894. The molecule has 4 nitrogen and oxygen atoms in total. The second kappa shape index (κ2) is 4.29. The van der Waals surface area contributed by atoms with E-state index in [9.17, 15) is 0 Å². The molecule has 3 rings (SSSR count). The maximum Gasteiger partial charge on any atom is 0.202 e. The number of hydrogen-bond acceptors (Lipinski definition) is 4. The lowest BCUT2D eigenvalue weighted by atomic mass is 10.0. The fraction of sp³-hybridized carbons (Fsp3) is 0.417. The maximum absolute atomic E-state index is 5.92. The van der Waals surface area contributed by atoms with Crippen molar-refractivity contribution in [3.05, 3.63) is 29.1 Å². The normalized spacial score (nSPS) is 24.6. The van der Waals surface area contributed by atoms with Crippen LogP contribution in [0.3, 0.4) is 0 Å². The largest absolute Gasteiger partial charge is 0.440 e. The highest BCUT2D eigenvalue weighted by Crippen LogP contribution is 2.29. The van der Waals surface area contributed by atoms with Gasteiger partial charge in [-0.3, -0.25) is 0 Å². The first kappa shape index (κ1) is 11.0. The van der Waals surface area contributed by atoms with Gasteiger partial charge in [-0.15, -0.1) is 0 Å². The molecular weight excluding hydrogens is 240 g/mol. The van der Waals surface area contributed by atoms with Crippen molar-refractivity contribution in [2.75, 3.05) is 20.3 Å². The van der Waals surface area contributed by atoms with Crippen LogP contribution in [-0.4, -0.2) is 31.3 Å². The summed E-state index contributed by atoms with van der Waals surface area (Å²) >= 11 is 5.92. The van der Waals surface area contributed by atoms with Crippen LogP contribution in [0.25, 0.3) is 11.1 Å². The standard InChI is InChI=1S/C12H13ClN2O2/c1-14-10-6-16-5-8(10)12-15-9-3-2-7(13)4-11(9)17-12/h2-4,8,10,14H,5-6H2,1H3. The summed E-state index contributed by atoms with van der Waals surface area (Å²) in [6, 6.07) is 5.74. The van der Waals surface area contributed by atoms with Crippen LogP contribution in [0.2, 0.25) is 5.02 Å². The van der Waals surface area contributed by atoms with E-state index < -0.39 is 0 Å². The van der Waals surface area contributed by atoms with Crippen LogP contribution in [0, 0.1) is 0 Å². The van der Waals surface area contributed by atoms with Crippen molar-refractivity contribution in [1.82, 2.24) is 10.3 Å². The van der Waals surface area contributed by atoms with Crippen LogP contribution < -0.4 is 5.32 Å². The zero-order chi connectivity index (χ0) is 11.8. The van der Waals surface area contributed by atoms with Gasteiger partial charge in [-0.25, -0.2) is 4.98 Å². The molecule has 1 saturated heterocycles. The first-order valence-electron chi connectivity index (χ1n) is 5.59. The first-order valence-corrected chi connectivity index (χ1v) is 5.96. The molecule has 0 aliphatic carbocycles. The highest BCUT2D eigenvalue weighted by Gasteiger charge is 2.32. The molecule has 1 aliphatic rings. The Morgan fingerprint density at radius 3 is 3.12 bits per heavy atom. The number of benzene rings is 1. The Morgan fingerprint density at radius 1 is 1.41 bits per heavy atom. The number of nitrogens with zero attached hydrogens (tertiary/aromatic N) is 1. The number of ether oxygens (including phenoxy) is 1. The number of rotatable bonds is 2. The van der Waals surface area contributed by atoms with Crippen molar-refractivity contribution in [3.8, 4) is 0 Å². The molecule has 1 aromatic carbocycles. The van der Waals surface area contributed by atoms with Gasteiger partial charge in [-0.1, -0.05) is 11.6 Å². The molecule has 1 fully saturated rings. The average Bonchev–Trinajstić information content (AvgIpc) is 2.93. The van der Waals surface area contributed by atoms with Gasteiger partial charge in [0, 0.05) is 17.1 Å². The van der Waals surface area contributed by atoms with E-state index in [-0.39, 0.29) is 12.0 Å². The summed E-state index contributed by atoms with van der Waals surface area (Å²) in [5, 5.41) is 3.88. The molecule has 5 heteroatoms. The van der Waals surface area contributed by atoms with E-state index in [1.165, 1.54) is 0 Å². The van der Waals surface area contributed by atoms with Crippen molar-refractivity contribution >= 4 is 22.7 Å². The van der Waals surface area contributed by atoms with Gasteiger partial charge < -0.3 is 14.5 Å². The molecule has 1 aromatic heterocycles. The zero-order valence-corrected chi connectivity index (χ0v) is 10.2. The van der Waals surface area contributed by atoms with E-state index in [4.69, 9.17) is 20.8 Å². The number of oxazole rings is 1. The van der Waals surface area contributed by atoms with Gasteiger partial charge in [-0.2, -0.15) is 0 Å². The number of nitrogens with one attached hydrogen (secondary N) is 1. The molecule has 1 aliphatic heterocycles. The first-order chi connectivity index (χ1) is 8.28. The van der Waals surface area contributed by atoms with Gasteiger partial charge >= 0.3 is 0 Å². The van der Waals surface area contributed by atoms with Crippen LogP contribution in [-0.2, 0) is 4.74 Å². The third kappa shape index (κ3) is 1.92. The minimum atomic E-state index is 0.172. The molecule has 0 amide bonds. The molecule has 0 saturated carbocycles. The highest BCUT2D eigenvalue weighted by atomic mass is 35.5. The van der Waals surface area contributed by atoms with Crippen molar-refractivity contribution in [2.45, 2.75) is 12.0 Å². The monoisotopic (exact) mass is 252 g/mol. The Labute approximate surface area is 104 Å². The van der Waals surface area contributed by atoms with Crippen LogP contribution >= 0.6 is 11.6 Å².